The monoisotopic (exact) mass is 406 g/mol. The lowest BCUT2D eigenvalue weighted by Crippen LogP contribution is -2.49. The highest BCUT2D eigenvalue weighted by Crippen LogP contribution is 2.39. The SMILES string of the molecule is CC1=C(C(=O)N2CCN(C)CC2)C(c2ccc(Cl)cc2Cl)n2ncnc2N1. The highest BCUT2D eigenvalue weighted by molar-refractivity contribution is 6.35. The predicted molar refractivity (Wildman–Crippen MR) is 105 cm³/mol. The molecule has 0 aliphatic carbocycles. The summed E-state index contributed by atoms with van der Waals surface area (Å²) in [6, 6.07) is 4.84. The van der Waals surface area contributed by atoms with Crippen LogP contribution in [-0.2, 0) is 4.79 Å². The fourth-order valence-corrected chi connectivity index (χ4v) is 4.07. The Bertz CT molecular complexity index is 916. The third-order valence-corrected chi connectivity index (χ3v) is 5.63. The molecule has 0 bridgehead atoms. The second kappa shape index (κ2) is 7.14. The highest BCUT2D eigenvalue weighted by atomic mass is 35.5. The van der Waals surface area contributed by atoms with E-state index in [-0.39, 0.29) is 5.91 Å². The number of hydrogen-bond donors (Lipinski definition) is 1. The van der Waals surface area contributed by atoms with Gasteiger partial charge in [-0.25, -0.2) is 4.68 Å². The zero-order chi connectivity index (χ0) is 19.1. The normalized spacial score (nSPS) is 20.4. The molecule has 0 radical (unpaired) electrons. The lowest BCUT2D eigenvalue weighted by atomic mass is 9.94. The van der Waals surface area contributed by atoms with Crippen LogP contribution < -0.4 is 5.32 Å². The molecule has 1 saturated heterocycles. The average Bonchev–Trinajstić information content (AvgIpc) is 3.09. The van der Waals surface area contributed by atoms with Gasteiger partial charge in [-0.15, -0.1) is 0 Å². The molecule has 2 aromatic rings. The molecule has 1 aromatic carbocycles. The second-order valence-corrected chi connectivity index (χ2v) is 7.70. The van der Waals surface area contributed by atoms with Crippen LogP contribution in [0.1, 0.15) is 18.5 Å². The number of halogens is 2. The third kappa shape index (κ3) is 3.31. The molecule has 9 heteroatoms. The quantitative estimate of drug-likeness (QED) is 0.829. The molecular formula is C18H20Cl2N6O. The predicted octanol–water partition coefficient (Wildman–Crippen LogP) is 2.65. The number of benzene rings is 1. The Hall–Kier alpha value is -2.09. The fourth-order valence-electron chi connectivity index (χ4n) is 3.56. The summed E-state index contributed by atoms with van der Waals surface area (Å²) in [6.07, 6.45) is 1.47. The van der Waals surface area contributed by atoms with E-state index in [2.05, 4.69) is 27.3 Å². The Kier molecular flexibility index (Phi) is 4.84. The van der Waals surface area contributed by atoms with E-state index in [1.54, 1.807) is 16.8 Å². The van der Waals surface area contributed by atoms with Crippen molar-refractivity contribution in [3.63, 3.8) is 0 Å². The van der Waals surface area contributed by atoms with Gasteiger partial charge in [0.25, 0.3) is 5.91 Å². The van der Waals surface area contributed by atoms with Gasteiger partial charge in [0.05, 0.1) is 5.57 Å². The largest absolute Gasteiger partial charge is 0.336 e. The lowest BCUT2D eigenvalue weighted by molar-refractivity contribution is -0.129. The molecule has 1 amide bonds. The van der Waals surface area contributed by atoms with E-state index in [0.29, 0.717) is 34.7 Å². The van der Waals surface area contributed by atoms with Crippen molar-refractivity contribution in [1.82, 2.24) is 24.6 Å². The summed E-state index contributed by atoms with van der Waals surface area (Å²) in [4.78, 5) is 21.8. The van der Waals surface area contributed by atoms with Crippen LogP contribution in [0.2, 0.25) is 10.0 Å². The molecule has 2 aliphatic heterocycles. The van der Waals surface area contributed by atoms with E-state index in [9.17, 15) is 4.79 Å². The minimum absolute atomic E-state index is 0.00901. The first-order valence-corrected chi connectivity index (χ1v) is 9.51. The lowest BCUT2D eigenvalue weighted by Gasteiger charge is -2.36. The summed E-state index contributed by atoms with van der Waals surface area (Å²) >= 11 is 12.6. The van der Waals surface area contributed by atoms with Crippen molar-refractivity contribution >= 4 is 35.1 Å². The van der Waals surface area contributed by atoms with E-state index in [1.807, 2.05) is 17.9 Å². The first kappa shape index (κ1) is 18.3. The number of fused-ring (bicyclic) bond motifs is 1. The number of nitrogens with zero attached hydrogens (tertiary/aromatic N) is 5. The Morgan fingerprint density at radius 2 is 1.96 bits per heavy atom. The van der Waals surface area contributed by atoms with Crippen LogP contribution in [0.3, 0.4) is 0 Å². The number of carbonyl (C=O) groups is 1. The Balaban J connectivity index is 1.79. The Morgan fingerprint density at radius 3 is 2.67 bits per heavy atom. The highest BCUT2D eigenvalue weighted by Gasteiger charge is 2.37. The molecule has 7 nitrogen and oxygen atoms in total. The molecule has 1 fully saturated rings. The second-order valence-electron chi connectivity index (χ2n) is 6.86. The number of allylic oxidation sites excluding steroid dienone is 1. The minimum Gasteiger partial charge on any atom is -0.336 e. The van der Waals surface area contributed by atoms with Gasteiger partial charge in [-0.3, -0.25) is 4.79 Å². The van der Waals surface area contributed by atoms with Gasteiger partial charge in [0.2, 0.25) is 5.95 Å². The van der Waals surface area contributed by atoms with E-state index < -0.39 is 6.04 Å². The average molecular weight is 407 g/mol. The fraction of sp³-hybridized carbons (Fsp3) is 0.389. The summed E-state index contributed by atoms with van der Waals surface area (Å²) in [7, 11) is 2.06. The number of likely N-dealkylation sites (N-methyl/N-ethyl adjacent to an activating group) is 1. The Labute approximate surface area is 167 Å². The van der Waals surface area contributed by atoms with Crippen molar-refractivity contribution in [2.75, 3.05) is 38.5 Å². The van der Waals surface area contributed by atoms with Crippen LogP contribution in [0, 0.1) is 0 Å². The first-order valence-electron chi connectivity index (χ1n) is 8.76. The van der Waals surface area contributed by atoms with Gasteiger partial charge in [-0.05, 0) is 26.1 Å². The molecule has 2 aliphatic rings. The van der Waals surface area contributed by atoms with Crippen molar-refractivity contribution in [2.24, 2.45) is 0 Å². The molecule has 1 unspecified atom stereocenters. The maximum absolute atomic E-state index is 13.4. The molecule has 3 heterocycles. The maximum Gasteiger partial charge on any atom is 0.254 e. The van der Waals surface area contributed by atoms with Crippen molar-refractivity contribution in [3.05, 3.63) is 51.4 Å². The molecule has 142 valence electrons. The molecule has 1 atom stereocenters. The maximum atomic E-state index is 13.4. The summed E-state index contributed by atoms with van der Waals surface area (Å²) in [5, 5.41) is 8.57. The van der Waals surface area contributed by atoms with Crippen molar-refractivity contribution in [1.29, 1.82) is 0 Å². The molecule has 0 saturated carbocycles. The smallest absolute Gasteiger partial charge is 0.254 e. The van der Waals surface area contributed by atoms with E-state index in [1.165, 1.54) is 6.33 Å². The van der Waals surface area contributed by atoms with Gasteiger partial charge >= 0.3 is 0 Å². The van der Waals surface area contributed by atoms with Gasteiger partial charge in [0.1, 0.15) is 12.4 Å². The number of nitrogens with one attached hydrogen (secondary N) is 1. The first-order chi connectivity index (χ1) is 13.0. The molecule has 0 spiro atoms. The summed E-state index contributed by atoms with van der Waals surface area (Å²) in [5.74, 6) is 0.573. The summed E-state index contributed by atoms with van der Waals surface area (Å²) in [6.45, 7) is 4.98. The molecule has 27 heavy (non-hydrogen) atoms. The molecule has 4 rings (SSSR count). The number of aromatic nitrogens is 3. The van der Waals surface area contributed by atoms with Crippen LogP contribution in [0.5, 0.6) is 0 Å². The zero-order valence-electron chi connectivity index (χ0n) is 15.1. The molecular weight excluding hydrogens is 387 g/mol. The van der Waals surface area contributed by atoms with Gasteiger partial charge in [0, 0.05) is 47.5 Å². The van der Waals surface area contributed by atoms with E-state index in [4.69, 9.17) is 23.2 Å². The number of hydrogen-bond acceptors (Lipinski definition) is 5. The third-order valence-electron chi connectivity index (χ3n) is 5.07. The topological polar surface area (TPSA) is 66.3 Å². The number of piperazine rings is 1. The van der Waals surface area contributed by atoms with E-state index in [0.717, 1.165) is 24.4 Å². The van der Waals surface area contributed by atoms with Crippen molar-refractivity contribution in [3.8, 4) is 0 Å². The van der Waals surface area contributed by atoms with Gasteiger partial charge in [0.15, 0.2) is 0 Å². The minimum atomic E-state index is -0.458. The van der Waals surface area contributed by atoms with Crippen molar-refractivity contribution < 1.29 is 4.79 Å². The van der Waals surface area contributed by atoms with Crippen LogP contribution in [0.25, 0.3) is 0 Å². The number of rotatable bonds is 2. The molecule has 1 N–H and O–H groups in total. The van der Waals surface area contributed by atoms with Crippen LogP contribution in [0.15, 0.2) is 35.8 Å². The van der Waals surface area contributed by atoms with E-state index >= 15 is 0 Å². The number of carbonyl (C=O) groups excluding carboxylic acids is 1. The van der Waals surface area contributed by atoms with Crippen LogP contribution in [0.4, 0.5) is 5.95 Å². The van der Waals surface area contributed by atoms with Gasteiger partial charge in [-0.1, -0.05) is 29.3 Å². The summed E-state index contributed by atoms with van der Waals surface area (Å²) < 4.78 is 1.70. The van der Waals surface area contributed by atoms with Gasteiger partial charge < -0.3 is 15.1 Å². The standard InChI is InChI=1S/C18H20Cl2N6O/c1-11-15(17(27)25-7-5-24(2)6-8-25)16(26-18(23-11)21-10-22-26)13-4-3-12(19)9-14(13)20/h3-4,9-10,16H,5-8H2,1-2H3,(H,21,22,23). The summed E-state index contributed by atoms with van der Waals surface area (Å²) in [5.41, 5.74) is 2.16. The number of amides is 1. The van der Waals surface area contributed by atoms with Crippen LogP contribution >= 0.6 is 23.2 Å². The zero-order valence-corrected chi connectivity index (χ0v) is 16.6. The van der Waals surface area contributed by atoms with Gasteiger partial charge in [-0.2, -0.15) is 10.1 Å². The van der Waals surface area contributed by atoms with Crippen molar-refractivity contribution in [2.45, 2.75) is 13.0 Å². The van der Waals surface area contributed by atoms with Crippen LogP contribution in [-0.4, -0.2) is 63.7 Å². The number of anilines is 1. The molecule has 1 aromatic heterocycles. The Morgan fingerprint density at radius 1 is 1.22 bits per heavy atom.